The SMILES string of the molecule is CC[C@@H](Oc1cccc(C)c1C)C(=O)N[C@H](C)c1ccc2c(c1)CCCC2. The average molecular weight is 366 g/mol. The van der Waals surface area contributed by atoms with E-state index in [1.165, 1.54) is 41.5 Å². The Morgan fingerprint density at radius 1 is 1.11 bits per heavy atom. The molecular formula is C24H31NO2. The van der Waals surface area contributed by atoms with Crippen LogP contribution in [0.25, 0.3) is 0 Å². The Labute approximate surface area is 163 Å². The molecule has 3 nitrogen and oxygen atoms in total. The summed E-state index contributed by atoms with van der Waals surface area (Å²) in [7, 11) is 0. The Balaban J connectivity index is 1.68. The lowest BCUT2D eigenvalue weighted by Crippen LogP contribution is -2.39. The van der Waals surface area contributed by atoms with Crippen LogP contribution in [0.5, 0.6) is 5.75 Å². The van der Waals surface area contributed by atoms with Crippen LogP contribution in [-0.4, -0.2) is 12.0 Å². The molecule has 0 bridgehead atoms. The third-order valence-corrected chi connectivity index (χ3v) is 5.72. The highest BCUT2D eigenvalue weighted by molar-refractivity contribution is 5.81. The zero-order valence-corrected chi connectivity index (χ0v) is 17.0. The summed E-state index contributed by atoms with van der Waals surface area (Å²) in [6, 6.07) is 12.6. The van der Waals surface area contributed by atoms with Crippen molar-refractivity contribution in [1.82, 2.24) is 5.32 Å². The number of carbonyl (C=O) groups excluding carboxylic acids is 1. The van der Waals surface area contributed by atoms with Gasteiger partial charge in [0.1, 0.15) is 5.75 Å². The number of benzene rings is 2. The molecule has 0 fully saturated rings. The first-order valence-electron chi connectivity index (χ1n) is 10.1. The molecule has 2 aromatic carbocycles. The van der Waals surface area contributed by atoms with Gasteiger partial charge in [-0.25, -0.2) is 0 Å². The molecule has 1 aliphatic carbocycles. The van der Waals surface area contributed by atoms with E-state index in [4.69, 9.17) is 4.74 Å². The monoisotopic (exact) mass is 365 g/mol. The largest absolute Gasteiger partial charge is 0.480 e. The van der Waals surface area contributed by atoms with Gasteiger partial charge in [-0.3, -0.25) is 4.79 Å². The van der Waals surface area contributed by atoms with E-state index < -0.39 is 6.10 Å². The molecule has 27 heavy (non-hydrogen) atoms. The van der Waals surface area contributed by atoms with Crippen molar-refractivity contribution in [2.45, 2.75) is 71.9 Å². The van der Waals surface area contributed by atoms with Gasteiger partial charge in [-0.15, -0.1) is 0 Å². The van der Waals surface area contributed by atoms with Crippen LogP contribution in [0.2, 0.25) is 0 Å². The molecule has 3 rings (SSSR count). The number of hydrogen-bond acceptors (Lipinski definition) is 2. The number of rotatable bonds is 6. The molecule has 0 saturated carbocycles. The van der Waals surface area contributed by atoms with Crippen molar-refractivity contribution in [3.63, 3.8) is 0 Å². The molecule has 1 aliphatic rings. The van der Waals surface area contributed by atoms with Crippen molar-refractivity contribution in [2.24, 2.45) is 0 Å². The van der Waals surface area contributed by atoms with E-state index in [9.17, 15) is 4.79 Å². The Kier molecular flexibility index (Phi) is 6.20. The summed E-state index contributed by atoms with van der Waals surface area (Å²) >= 11 is 0. The summed E-state index contributed by atoms with van der Waals surface area (Å²) < 4.78 is 6.05. The number of carbonyl (C=O) groups is 1. The first-order chi connectivity index (χ1) is 13.0. The number of ether oxygens (including phenoxy) is 1. The Morgan fingerprint density at radius 3 is 2.59 bits per heavy atom. The van der Waals surface area contributed by atoms with Gasteiger partial charge in [0.15, 0.2) is 6.10 Å². The molecule has 0 radical (unpaired) electrons. The Morgan fingerprint density at radius 2 is 1.85 bits per heavy atom. The summed E-state index contributed by atoms with van der Waals surface area (Å²) in [6.45, 7) is 8.12. The van der Waals surface area contributed by atoms with Crippen LogP contribution >= 0.6 is 0 Å². The Bertz CT molecular complexity index is 812. The second-order valence-corrected chi connectivity index (χ2v) is 7.68. The van der Waals surface area contributed by atoms with E-state index in [2.05, 4.69) is 36.5 Å². The predicted molar refractivity (Wildman–Crippen MR) is 110 cm³/mol. The van der Waals surface area contributed by atoms with Gasteiger partial charge in [0.25, 0.3) is 5.91 Å². The second kappa shape index (κ2) is 8.60. The van der Waals surface area contributed by atoms with E-state index in [-0.39, 0.29) is 11.9 Å². The van der Waals surface area contributed by atoms with Crippen LogP contribution in [-0.2, 0) is 17.6 Å². The van der Waals surface area contributed by atoms with Crippen LogP contribution in [0, 0.1) is 13.8 Å². The second-order valence-electron chi connectivity index (χ2n) is 7.68. The van der Waals surface area contributed by atoms with E-state index >= 15 is 0 Å². The zero-order valence-electron chi connectivity index (χ0n) is 17.0. The van der Waals surface area contributed by atoms with Crippen molar-refractivity contribution < 1.29 is 9.53 Å². The van der Waals surface area contributed by atoms with Gasteiger partial charge < -0.3 is 10.1 Å². The standard InChI is InChI=1S/C24H31NO2/c1-5-22(27-23-12-8-9-16(2)17(23)3)24(26)25-18(4)20-14-13-19-10-6-7-11-21(19)15-20/h8-9,12-15,18,22H,5-7,10-11H2,1-4H3,(H,25,26)/t18-,22-/m1/s1. The van der Waals surface area contributed by atoms with Gasteiger partial charge in [0, 0.05) is 0 Å². The molecule has 0 saturated heterocycles. The fraction of sp³-hybridized carbons (Fsp3) is 0.458. The first-order valence-corrected chi connectivity index (χ1v) is 10.1. The molecule has 1 amide bonds. The summed E-state index contributed by atoms with van der Waals surface area (Å²) in [5.74, 6) is 0.738. The topological polar surface area (TPSA) is 38.3 Å². The number of nitrogens with one attached hydrogen (secondary N) is 1. The van der Waals surface area contributed by atoms with Crippen LogP contribution in [0.3, 0.4) is 0 Å². The smallest absolute Gasteiger partial charge is 0.261 e. The van der Waals surface area contributed by atoms with E-state index in [0.29, 0.717) is 6.42 Å². The minimum Gasteiger partial charge on any atom is -0.480 e. The number of aryl methyl sites for hydroxylation is 3. The van der Waals surface area contributed by atoms with Crippen molar-refractivity contribution in [1.29, 1.82) is 0 Å². The molecule has 3 heteroatoms. The molecule has 0 aromatic heterocycles. The molecule has 144 valence electrons. The number of amides is 1. The fourth-order valence-corrected chi connectivity index (χ4v) is 3.74. The van der Waals surface area contributed by atoms with E-state index in [1.54, 1.807) is 0 Å². The molecule has 0 heterocycles. The van der Waals surface area contributed by atoms with Crippen LogP contribution < -0.4 is 10.1 Å². The minimum atomic E-state index is -0.481. The molecule has 0 spiro atoms. The Hall–Kier alpha value is -2.29. The van der Waals surface area contributed by atoms with Gasteiger partial charge in [0.05, 0.1) is 6.04 Å². The quantitative estimate of drug-likeness (QED) is 0.762. The van der Waals surface area contributed by atoms with Gasteiger partial charge in [-0.05, 0) is 86.8 Å². The van der Waals surface area contributed by atoms with Gasteiger partial charge in [-0.2, -0.15) is 0 Å². The summed E-state index contributed by atoms with van der Waals surface area (Å²) in [5.41, 5.74) is 6.34. The highest BCUT2D eigenvalue weighted by atomic mass is 16.5. The molecule has 0 unspecified atom stereocenters. The van der Waals surface area contributed by atoms with E-state index in [1.807, 2.05) is 32.9 Å². The lowest BCUT2D eigenvalue weighted by molar-refractivity contribution is -0.128. The van der Waals surface area contributed by atoms with Crippen molar-refractivity contribution in [3.8, 4) is 5.75 Å². The summed E-state index contributed by atoms with van der Waals surface area (Å²) in [5, 5.41) is 3.14. The highest BCUT2D eigenvalue weighted by Crippen LogP contribution is 2.26. The third kappa shape index (κ3) is 4.52. The maximum absolute atomic E-state index is 12.8. The summed E-state index contributed by atoms with van der Waals surface area (Å²) in [4.78, 5) is 12.8. The average Bonchev–Trinajstić information content (AvgIpc) is 2.68. The van der Waals surface area contributed by atoms with Crippen molar-refractivity contribution >= 4 is 5.91 Å². The normalized spacial score (nSPS) is 15.6. The van der Waals surface area contributed by atoms with Gasteiger partial charge in [-0.1, -0.05) is 37.3 Å². The predicted octanol–water partition coefficient (Wildman–Crippen LogP) is 5.22. The number of hydrogen-bond donors (Lipinski definition) is 1. The van der Waals surface area contributed by atoms with Crippen molar-refractivity contribution in [3.05, 3.63) is 64.2 Å². The molecular weight excluding hydrogens is 334 g/mol. The molecule has 2 atom stereocenters. The van der Waals surface area contributed by atoms with Crippen LogP contribution in [0.4, 0.5) is 0 Å². The fourth-order valence-electron chi connectivity index (χ4n) is 3.74. The first kappa shape index (κ1) is 19.5. The van der Waals surface area contributed by atoms with Crippen LogP contribution in [0.1, 0.15) is 67.0 Å². The lowest BCUT2D eigenvalue weighted by atomic mass is 9.89. The maximum Gasteiger partial charge on any atom is 0.261 e. The zero-order chi connectivity index (χ0) is 19.4. The molecule has 0 aliphatic heterocycles. The van der Waals surface area contributed by atoms with Crippen LogP contribution in [0.15, 0.2) is 36.4 Å². The van der Waals surface area contributed by atoms with Gasteiger partial charge in [0.2, 0.25) is 0 Å². The van der Waals surface area contributed by atoms with Crippen molar-refractivity contribution in [2.75, 3.05) is 0 Å². The lowest BCUT2D eigenvalue weighted by Gasteiger charge is -2.23. The maximum atomic E-state index is 12.8. The molecule has 1 N–H and O–H groups in total. The third-order valence-electron chi connectivity index (χ3n) is 5.72. The minimum absolute atomic E-state index is 0.0269. The number of fused-ring (bicyclic) bond motifs is 1. The highest BCUT2D eigenvalue weighted by Gasteiger charge is 2.22. The van der Waals surface area contributed by atoms with Gasteiger partial charge >= 0.3 is 0 Å². The summed E-state index contributed by atoms with van der Waals surface area (Å²) in [6.07, 6.45) is 5.03. The van der Waals surface area contributed by atoms with E-state index in [0.717, 1.165) is 17.7 Å². The molecule has 2 aromatic rings.